The van der Waals surface area contributed by atoms with Crippen molar-refractivity contribution in [3.05, 3.63) is 51.7 Å². The van der Waals surface area contributed by atoms with Gasteiger partial charge in [-0.1, -0.05) is 49.5 Å². The molecule has 0 amide bonds. The van der Waals surface area contributed by atoms with Gasteiger partial charge in [-0.05, 0) is 66.9 Å². The van der Waals surface area contributed by atoms with Gasteiger partial charge in [0.15, 0.2) is 0 Å². The highest BCUT2D eigenvalue weighted by Crippen LogP contribution is 2.54. The van der Waals surface area contributed by atoms with E-state index in [0.29, 0.717) is 6.61 Å². The highest BCUT2D eigenvalue weighted by Gasteiger charge is 2.45. The fraction of sp³-hybridized carbons (Fsp3) is 0.583. The van der Waals surface area contributed by atoms with Crippen LogP contribution in [0.25, 0.3) is 0 Å². The Balaban J connectivity index is 1.71. The molecular weight excluding hydrogens is 364 g/mol. The van der Waals surface area contributed by atoms with Gasteiger partial charge < -0.3 is 14.6 Å². The molecule has 0 spiro atoms. The first-order chi connectivity index (χ1) is 13.1. The first kappa shape index (κ1) is 21.3. The molecule has 154 valence electrons. The number of hydrogen-bond acceptors (Lipinski definition) is 3. The van der Waals surface area contributed by atoms with Crippen molar-refractivity contribution in [2.45, 2.75) is 71.9 Å². The quantitative estimate of drug-likeness (QED) is 0.474. The van der Waals surface area contributed by atoms with Crippen LogP contribution in [0, 0.1) is 5.41 Å². The van der Waals surface area contributed by atoms with Gasteiger partial charge in [-0.3, -0.25) is 0 Å². The van der Waals surface area contributed by atoms with Gasteiger partial charge in [0, 0.05) is 0 Å². The summed E-state index contributed by atoms with van der Waals surface area (Å²) in [6, 6.07) is 8.08. The van der Waals surface area contributed by atoms with Crippen LogP contribution >= 0.6 is 0 Å². The van der Waals surface area contributed by atoms with Crippen molar-refractivity contribution in [2.24, 2.45) is 5.41 Å². The summed E-state index contributed by atoms with van der Waals surface area (Å²) < 4.78 is 11.2. The van der Waals surface area contributed by atoms with Gasteiger partial charge in [0.25, 0.3) is 0 Å². The number of fused-ring (bicyclic) bond motifs is 1. The SMILES string of the molecule is COc1ccc(COCCC2=C([Si](C)(C)C)C[C@]3(C)C[C@H](O)CC3=C2C)cc1. The molecule has 0 aliphatic heterocycles. The van der Waals surface area contributed by atoms with Gasteiger partial charge in [0.2, 0.25) is 0 Å². The van der Waals surface area contributed by atoms with Gasteiger partial charge in [-0.15, -0.1) is 0 Å². The molecular formula is C24H36O3Si. The highest BCUT2D eigenvalue weighted by atomic mass is 28.3. The lowest BCUT2D eigenvalue weighted by Crippen LogP contribution is -2.34. The van der Waals surface area contributed by atoms with Gasteiger partial charge in [0.1, 0.15) is 5.75 Å². The van der Waals surface area contributed by atoms with E-state index < -0.39 is 8.07 Å². The molecule has 1 aromatic carbocycles. The lowest BCUT2D eigenvalue weighted by molar-refractivity contribution is 0.123. The van der Waals surface area contributed by atoms with Crippen molar-refractivity contribution in [1.29, 1.82) is 0 Å². The van der Waals surface area contributed by atoms with Crippen LogP contribution in [0.2, 0.25) is 19.6 Å². The second-order valence-corrected chi connectivity index (χ2v) is 14.9. The van der Waals surface area contributed by atoms with E-state index in [1.54, 1.807) is 12.3 Å². The summed E-state index contributed by atoms with van der Waals surface area (Å²) in [7, 11) is 0.255. The number of allylic oxidation sites excluding steroid dienone is 2. The lowest BCUT2D eigenvalue weighted by atomic mass is 9.73. The number of methoxy groups -OCH3 is 1. The minimum Gasteiger partial charge on any atom is -0.497 e. The predicted octanol–water partition coefficient (Wildman–Crippen LogP) is 5.66. The Bertz CT molecular complexity index is 770. The molecule has 0 heterocycles. The third-order valence-electron chi connectivity index (χ3n) is 6.52. The Kier molecular flexibility index (Phi) is 6.23. The van der Waals surface area contributed by atoms with Gasteiger partial charge >= 0.3 is 0 Å². The normalized spacial score (nSPS) is 25.3. The summed E-state index contributed by atoms with van der Waals surface area (Å²) in [4.78, 5) is 0. The first-order valence-corrected chi connectivity index (χ1v) is 14.0. The molecule has 3 rings (SSSR count). The number of rotatable bonds is 7. The number of aliphatic hydroxyl groups is 1. The average Bonchev–Trinajstić information content (AvgIpc) is 2.94. The molecule has 3 nitrogen and oxygen atoms in total. The lowest BCUT2D eigenvalue weighted by Gasteiger charge is -2.40. The number of benzene rings is 1. The van der Waals surface area contributed by atoms with E-state index in [-0.39, 0.29) is 11.5 Å². The zero-order valence-corrected chi connectivity index (χ0v) is 19.4. The van der Waals surface area contributed by atoms with Crippen LogP contribution < -0.4 is 4.74 Å². The molecule has 28 heavy (non-hydrogen) atoms. The molecule has 0 aromatic heterocycles. The van der Waals surface area contributed by atoms with Crippen LogP contribution in [0.4, 0.5) is 0 Å². The van der Waals surface area contributed by atoms with E-state index in [9.17, 15) is 5.11 Å². The first-order valence-electron chi connectivity index (χ1n) is 10.5. The van der Waals surface area contributed by atoms with Crippen LogP contribution in [0.15, 0.2) is 46.2 Å². The maximum Gasteiger partial charge on any atom is 0.118 e. The van der Waals surface area contributed by atoms with E-state index in [0.717, 1.165) is 38.0 Å². The predicted molar refractivity (Wildman–Crippen MR) is 118 cm³/mol. The van der Waals surface area contributed by atoms with Crippen LogP contribution in [0.1, 0.15) is 45.1 Å². The summed E-state index contributed by atoms with van der Waals surface area (Å²) in [5.41, 5.74) is 5.79. The topological polar surface area (TPSA) is 38.7 Å². The Morgan fingerprint density at radius 3 is 2.46 bits per heavy atom. The fourth-order valence-corrected chi connectivity index (χ4v) is 7.17. The number of hydrogen-bond donors (Lipinski definition) is 1. The Labute approximate surface area is 171 Å². The molecule has 0 unspecified atom stereocenters. The van der Waals surface area contributed by atoms with E-state index in [4.69, 9.17) is 9.47 Å². The molecule has 2 aliphatic carbocycles. The van der Waals surface area contributed by atoms with Crippen LogP contribution in [0.3, 0.4) is 0 Å². The van der Waals surface area contributed by atoms with Crippen molar-refractivity contribution < 1.29 is 14.6 Å². The highest BCUT2D eigenvalue weighted by molar-refractivity contribution is 6.83. The Hall–Kier alpha value is -1.36. The summed E-state index contributed by atoms with van der Waals surface area (Å²) in [6.07, 6.45) is 3.67. The van der Waals surface area contributed by atoms with Gasteiger partial charge in [-0.25, -0.2) is 0 Å². The molecule has 1 N–H and O–H groups in total. The molecule has 2 aliphatic rings. The van der Waals surface area contributed by atoms with Crippen molar-refractivity contribution in [2.75, 3.05) is 13.7 Å². The van der Waals surface area contributed by atoms with E-state index >= 15 is 0 Å². The maximum atomic E-state index is 10.3. The largest absolute Gasteiger partial charge is 0.497 e. The molecule has 2 atom stereocenters. The van der Waals surface area contributed by atoms with Crippen molar-refractivity contribution >= 4 is 8.07 Å². The average molecular weight is 401 g/mol. The van der Waals surface area contributed by atoms with Gasteiger partial charge in [0.05, 0.1) is 34.5 Å². The zero-order chi connectivity index (χ0) is 20.5. The van der Waals surface area contributed by atoms with Crippen molar-refractivity contribution in [3.63, 3.8) is 0 Å². The van der Waals surface area contributed by atoms with E-state index in [1.807, 2.05) is 12.1 Å². The monoisotopic (exact) mass is 400 g/mol. The summed E-state index contributed by atoms with van der Waals surface area (Å²) in [5, 5.41) is 12.0. The Morgan fingerprint density at radius 1 is 1.18 bits per heavy atom. The maximum absolute atomic E-state index is 10.3. The van der Waals surface area contributed by atoms with Crippen molar-refractivity contribution in [1.82, 2.24) is 0 Å². The van der Waals surface area contributed by atoms with Crippen LogP contribution in [0.5, 0.6) is 5.75 Å². The third-order valence-corrected chi connectivity index (χ3v) is 8.81. The zero-order valence-electron chi connectivity index (χ0n) is 18.4. The minimum atomic E-state index is -1.43. The molecule has 0 radical (unpaired) electrons. The second-order valence-electron chi connectivity index (χ2n) is 9.76. The second kappa shape index (κ2) is 8.17. The van der Waals surface area contributed by atoms with Crippen LogP contribution in [-0.2, 0) is 11.3 Å². The summed E-state index contributed by atoms with van der Waals surface area (Å²) in [6.45, 7) is 13.4. The summed E-state index contributed by atoms with van der Waals surface area (Å²) in [5.74, 6) is 0.875. The molecule has 1 fully saturated rings. The van der Waals surface area contributed by atoms with Crippen LogP contribution in [-0.4, -0.2) is 33.0 Å². The number of ether oxygens (including phenoxy) is 2. The van der Waals surface area contributed by atoms with E-state index in [2.05, 4.69) is 45.6 Å². The molecule has 0 saturated heterocycles. The summed E-state index contributed by atoms with van der Waals surface area (Å²) >= 11 is 0. The smallest absolute Gasteiger partial charge is 0.118 e. The number of aliphatic hydroxyl groups excluding tert-OH is 1. The fourth-order valence-electron chi connectivity index (χ4n) is 5.03. The molecule has 1 saturated carbocycles. The molecule has 0 bridgehead atoms. The minimum absolute atomic E-state index is 0.159. The van der Waals surface area contributed by atoms with Crippen molar-refractivity contribution in [3.8, 4) is 5.75 Å². The third kappa shape index (κ3) is 4.45. The molecule has 4 heteroatoms. The van der Waals surface area contributed by atoms with Gasteiger partial charge in [-0.2, -0.15) is 0 Å². The van der Waals surface area contributed by atoms with E-state index in [1.165, 1.54) is 22.3 Å². The molecule has 1 aromatic rings. The Morgan fingerprint density at radius 2 is 1.86 bits per heavy atom. The standard InChI is InChI=1S/C24H36O3Si/c1-17-21(11-12-27-16-18-7-9-20(26-3)10-8-18)23(28(4,5)6)15-24(2)14-19(25)13-22(17)24/h7-10,19,25H,11-16H2,1-6H3/t19-,24+/m1/s1.